The van der Waals surface area contributed by atoms with E-state index in [-0.39, 0.29) is 0 Å². The fourth-order valence-corrected chi connectivity index (χ4v) is 2.98. The molecule has 2 N–H and O–H groups in total. The molecule has 1 fully saturated rings. The van der Waals surface area contributed by atoms with E-state index >= 15 is 0 Å². The number of piperidine rings is 1. The van der Waals surface area contributed by atoms with Gasteiger partial charge in [-0.05, 0) is 32.0 Å². The number of nitrogens with two attached hydrogens (primary N) is 1. The quantitative estimate of drug-likeness (QED) is 0.905. The minimum absolute atomic E-state index is 0.294. The number of aromatic nitrogens is 2. The number of benzene rings is 1. The van der Waals surface area contributed by atoms with Crippen LogP contribution in [0, 0.1) is 0 Å². The predicted octanol–water partition coefficient (Wildman–Crippen LogP) is 1.63. The van der Waals surface area contributed by atoms with Crippen LogP contribution in [-0.4, -0.2) is 41.2 Å². The molecule has 0 amide bonds. The summed E-state index contributed by atoms with van der Waals surface area (Å²) >= 11 is 0. The molecule has 1 unspecified atom stereocenters. The van der Waals surface area contributed by atoms with Gasteiger partial charge >= 0.3 is 0 Å². The average Bonchev–Trinajstić information content (AvgIpc) is 3.03. The Bertz CT molecular complexity index is 585. The third kappa shape index (κ3) is 3.45. The topological polar surface area (TPSA) is 71.4 Å². The monoisotopic (exact) mass is 301 g/mol. The first-order chi connectivity index (χ1) is 10.8. The highest BCUT2D eigenvalue weighted by Gasteiger charge is 2.24. The SMILES string of the molecule is CN(Cc1noc(CN)n1)C1CCCN(c2ccccc2)C1. The molecule has 1 aromatic carbocycles. The molecule has 2 aromatic rings. The molecule has 2 heterocycles. The Balaban J connectivity index is 1.61. The Kier molecular flexibility index (Phi) is 4.70. The van der Waals surface area contributed by atoms with Crippen LogP contribution in [0.2, 0.25) is 0 Å². The van der Waals surface area contributed by atoms with Crippen molar-refractivity contribution in [3.05, 3.63) is 42.0 Å². The molecule has 1 aliphatic rings. The van der Waals surface area contributed by atoms with Gasteiger partial charge in [0.2, 0.25) is 5.89 Å². The van der Waals surface area contributed by atoms with E-state index in [2.05, 4.69) is 57.3 Å². The summed E-state index contributed by atoms with van der Waals surface area (Å²) in [4.78, 5) is 9.04. The molecule has 22 heavy (non-hydrogen) atoms. The molecule has 1 aromatic heterocycles. The lowest BCUT2D eigenvalue weighted by molar-refractivity contribution is 0.201. The van der Waals surface area contributed by atoms with Gasteiger partial charge in [0.25, 0.3) is 0 Å². The van der Waals surface area contributed by atoms with Crippen molar-refractivity contribution in [1.82, 2.24) is 15.0 Å². The van der Waals surface area contributed by atoms with Gasteiger partial charge < -0.3 is 15.2 Å². The highest BCUT2D eigenvalue weighted by Crippen LogP contribution is 2.22. The van der Waals surface area contributed by atoms with Crippen LogP contribution in [0.3, 0.4) is 0 Å². The lowest BCUT2D eigenvalue weighted by Crippen LogP contribution is -2.46. The Labute approximate surface area is 130 Å². The van der Waals surface area contributed by atoms with E-state index in [1.807, 2.05) is 0 Å². The molecule has 0 aliphatic carbocycles. The first kappa shape index (κ1) is 15.0. The first-order valence-electron chi connectivity index (χ1n) is 7.78. The molecule has 118 valence electrons. The lowest BCUT2D eigenvalue weighted by atomic mass is 10.0. The summed E-state index contributed by atoms with van der Waals surface area (Å²) in [5.74, 6) is 1.21. The number of hydrogen-bond donors (Lipinski definition) is 1. The molecule has 0 radical (unpaired) electrons. The predicted molar refractivity (Wildman–Crippen MR) is 85.3 cm³/mol. The van der Waals surface area contributed by atoms with Crippen molar-refractivity contribution in [2.75, 3.05) is 25.0 Å². The van der Waals surface area contributed by atoms with Gasteiger partial charge in [-0.2, -0.15) is 4.98 Å². The molecule has 0 saturated carbocycles. The summed E-state index contributed by atoms with van der Waals surface area (Å²) < 4.78 is 5.07. The van der Waals surface area contributed by atoms with Crippen LogP contribution < -0.4 is 10.6 Å². The molecule has 1 saturated heterocycles. The molecular formula is C16H23N5O. The maximum absolute atomic E-state index is 5.50. The highest BCUT2D eigenvalue weighted by atomic mass is 16.5. The number of para-hydroxylation sites is 1. The van der Waals surface area contributed by atoms with Crippen LogP contribution in [-0.2, 0) is 13.1 Å². The van der Waals surface area contributed by atoms with Gasteiger partial charge in [0.15, 0.2) is 5.82 Å². The van der Waals surface area contributed by atoms with E-state index in [0.29, 0.717) is 30.8 Å². The average molecular weight is 301 g/mol. The molecule has 3 rings (SSSR count). The molecule has 6 heteroatoms. The lowest BCUT2D eigenvalue weighted by Gasteiger charge is -2.38. The van der Waals surface area contributed by atoms with E-state index in [1.165, 1.54) is 18.5 Å². The summed E-state index contributed by atoms with van der Waals surface area (Å²) in [7, 11) is 2.12. The van der Waals surface area contributed by atoms with Gasteiger partial charge in [-0.15, -0.1) is 0 Å². The van der Waals surface area contributed by atoms with Gasteiger partial charge in [0.05, 0.1) is 13.1 Å². The number of rotatable bonds is 5. The van der Waals surface area contributed by atoms with Crippen molar-refractivity contribution in [2.24, 2.45) is 5.73 Å². The second-order valence-corrected chi connectivity index (χ2v) is 5.80. The van der Waals surface area contributed by atoms with E-state index in [0.717, 1.165) is 13.1 Å². The maximum atomic E-state index is 5.50. The molecule has 6 nitrogen and oxygen atoms in total. The van der Waals surface area contributed by atoms with Crippen molar-refractivity contribution < 1.29 is 4.52 Å². The highest BCUT2D eigenvalue weighted by molar-refractivity contribution is 5.46. The number of anilines is 1. The minimum atomic E-state index is 0.294. The Hall–Kier alpha value is -1.92. The zero-order valence-corrected chi connectivity index (χ0v) is 13.0. The summed E-state index contributed by atoms with van der Waals surface area (Å²) in [6, 6.07) is 11.1. The third-order valence-corrected chi connectivity index (χ3v) is 4.22. The van der Waals surface area contributed by atoms with Crippen LogP contribution in [0.1, 0.15) is 24.6 Å². The molecule has 1 aliphatic heterocycles. The smallest absolute Gasteiger partial charge is 0.240 e. The largest absolute Gasteiger partial charge is 0.370 e. The molecule has 0 bridgehead atoms. The normalized spacial score (nSPS) is 18.9. The van der Waals surface area contributed by atoms with Gasteiger partial charge in [0.1, 0.15) is 0 Å². The van der Waals surface area contributed by atoms with Crippen molar-refractivity contribution in [2.45, 2.75) is 32.0 Å². The second kappa shape index (κ2) is 6.89. The van der Waals surface area contributed by atoms with E-state index in [1.54, 1.807) is 0 Å². The van der Waals surface area contributed by atoms with Gasteiger partial charge in [-0.3, -0.25) is 4.90 Å². The Morgan fingerprint density at radius 3 is 2.91 bits per heavy atom. The van der Waals surface area contributed by atoms with E-state index in [4.69, 9.17) is 10.3 Å². The molecule has 1 atom stereocenters. The van der Waals surface area contributed by atoms with Crippen molar-refractivity contribution in [3.63, 3.8) is 0 Å². The van der Waals surface area contributed by atoms with Gasteiger partial charge in [-0.1, -0.05) is 23.4 Å². The van der Waals surface area contributed by atoms with Crippen LogP contribution in [0.4, 0.5) is 5.69 Å². The molecular weight excluding hydrogens is 278 g/mol. The zero-order valence-electron chi connectivity index (χ0n) is 13.0. The van der Waals surface area contributed by atoms with Gasteiger partial charge in [-0.25, -0.2) is 0 Å². The van der Waals surface area contributed by atoms with E-state index < -0.39 is 0 Å². The maximum Gasteiger partial charge on any atom is 0.240 e. The van der Waals surface area contributed by atoms with Crippen LogP contribution in [0.5, 0.6) is 0 Å². The minimum Gasteiger partial charge on any atom is -0.370 e. The van der Waals surface area contributed by atoms with Crippen molar-refractivity contribution in [3.8, 4) is 0 Å². The second-order valence-electron chi connectivity index (χ2n) is 5.80. The number of nitrogens with zero attached hydrogens (tertiary/aromatic N) is 4. The Morgan fingerprint density at radius 1 is 1.36 bits per heavy atom. The standard InChI is InChI=1S/C16H23N5O/c1-20(12-15-18-16(10-17)22-19-15)14-8-5-9-21(11-14)13-6-3-2-4-7-13/h2-4,6-7,14H,5,8-12,17H2,1H3. The zero-order chi connectivity index (χ0) is 15.4. The summed E-state index contributed by atoms with van der Waals surface area (Å²) in [5, 5.41) is 3.98. The summed E-state index contributed by atoms with van der Waals surface area (Å²) in [5.41, 5.74) is 6.80. The number of likely N-dealkylation sites (N-methyl/N-ethyl adjacent to an activating group) is 1. The summed E-state index contributed by atoms with van der Waals surface area (Å²) in [6.07, 6.45) is 2.39. The third-order valence-electron chi connectivity index (χ3n) is 4.22. The molecule has 0 spiro atoms. The van der Waals surface area contributed by atoms with Crippen molar-refractivity contribution >= 4 is 5.69 Å². The van der Waals surface area contributed by atoms with Crippen LogP contribution >= 0.6 is 0 Å². The first-order valence-corrected chi connectivity index (χ1v) is 7.78. The Morgan fingerprint density at radius 2 is 2.18 bits per heavy atom. The fraction of sp³-hybridized carbons (Fsp3) is 0.500. The van der Waals surface area contributed by atoms with E-state index in [9.17, 15) is 0 Å². The summed E-state index contributed by atoms with van der Waals surface area (Å²) in [6.45, 7) is 3.13. The van der Waals surface area contributed by atoms with Crippen molar-refractivity contribution in [1.29, 1.82) is 0 Å². The van der Waals surface area contributed by atoms with Gasteiger partial charge in [0, 0.05) is 24.8 Å². The fourth-order valence-electron chi connectivity index (χ4n) is 2.98. The number of hydrogen-bond acceptors (Lipinski definition) is 6. The van der Waals surface area contributed by atoms with Crippen LogP contribution in [0.25, 0.3) is 0 Å². The van der Waals surface area contributed by atoms with Crippen LogP contribution in [0.15, 0.2) is 34.9 Å².